The van der Waals surface area contributed by atoms with Crippen LogP contribution in [0, 0.1) is 5.92 Å². The largest absolute Gasteiger partial charge is 0.463 e. The number of nitrogens with one attached hydrogen (secondary N) is 1. The predicted octanol–water partition coefficient (Wildman–Crippen LogP) is 3.73. The Balaban J connectivity index is 1.75. The molecule has 140 valence electrons. The van der Waals surface area contributed by atoms with Crippen molar-refractivity contribution in [1.29, 1.82) is 0 Å². The van der Waals surface area contributed by atoms with Crippen molar-refractivity contribution in [2.24, 2.45) is 5.92 Å². The lowest BCUT2D eigenvalue weighted by Gasteiger charge is -2.51. The molecule has 0 saturated carbocycles. The fraction of sp³-hybridized carbons (Fsp3) is 0.591. The molecule has 0 radical (unpaired) electrons. The fourth-order valence-corrected chi connectivity index (χ4v) is 5.32. The summed E-state index contributed by atoms with van der Waals surface area (Å²) < 4.78 is 5.40. The normalized spacial score (nSPS) is 29.8. The minimum Gasteiger partial charge on any atom is -0.463 e. The van der Waals surface area contributed by atoms with Gasteiger partial charge in [-0.15, -0.1) is 0 Å². The number of allylic oxidation sites excluding steroid dienone is 1. The van der Waals surface area contributed by atoms with Gasteiger partial charge in [0.25, 0.3) is 0 Å². The summed E-state index contributed by atoms with van der Waals surface area (Å²) in [6.45, 7) is 7.91. The maximum atomic E-state index is 12.7. The van der Waals surface area contributed by atoms with Gasteiger partial charge >= 0.3 is 5.97 Å². The molecule has 4 nitrogen and oxygen atoms in total. The van der Waals surface area contributed by atoms with E-state index in [0.29, 0.717) is 12.5 Å². The van der Waals surface area contributed by atoms with Gasteiger partial charge in [-0.05, 0) is 56.8 Å². The zero-order valence-electron chi connectivity index (χ0n) is 16.0. The van der Waals surface area contributed by atoms with Crippen LogP contribution in [-0.4, -0.2) is 43.2 Å². The third-order valence-electron chi connectivity index (χ3n) is 6.52. The number of nitrogens with zero attached hydrogens (tertiary/aromatic N) is 1. The molecular formula is C22H30N2O2. The van der Waals surface area contributed by atoms with Gasteiger partial charge in [0.1, 0.15) is 0 Å². The smallest absolute Gasteiger partial charge is 0.335 e. The monoisotopic (exact) mass is 354 g/mol. The number of likely N-dealkylation sites (tertiary alicyclic amines) is 1. The standard InChI is InChI=1S/C22H30N2O2/c1-3-5-13-24-14-12-16-10-11-17(21(25)26-4-2)20-22(16,15-24)18-8-6-7-9-19(18)23-20/h6-9,11,16,20,23H,3-5,10,12-15H2,1-2H3/t16-,20-,22-/m0/s1. The highest BCUT2D eigenvalue weighted by Gasteiger charge is 2.57. The molecule has 26 heavy (non-hydrogen) atoms. The van der Waals surface area contributed by atoms with Crippen LogP contribution in [0.25, 0.3) is 0 Å². The van der Waals surface area contributed by atoms with Crippen LogP contribution in [0.4, 0.5) is 5.69 Å². The SMILES string of the molecule is CCCCN1CC[C@@H]2CC=C(C(=O)OCC)[C@@H]3Nc4ccccc4[C@]23C1. The number of ether oxygens (including phenoxy) is 1. The average Bonchev–Trinajstić information content (AvgIpc) is 2.99. The highest BCUT2D eigenvalue weighted by Crippen LogP contribution is 2.55. The molecule has 1 aromatic carbocycles. The van der Waals surface area contributed by atoms with Crippen molar-refractivity contribution >= 4 is 11.7 Å². The second-order valence-electron chi connectivity index (χ2n) is 7.89. The second kappa shape index (κ2) is 7.07. The summed E-state index contributed by atoms with van der Waals surface area (Å²) in [4.78, 5) is 15.3. The van der Waals surface area contributed by atoms with E-state index in [0.717, 1.165) is 25.1 Å². The van der Waals surface area contributed by atoms with Gasteiger partial charge in [0.05, 0.1) is 18.2 Å². The van der Waals surface area contributed by atoms with Gasteiger partial charge in [-0.3, -0.25) is 0 Å². The van der Waals surface area contributed by atoms with Gasteiger partial charge in [-0.1, -0.05) is 37.6 Å². The molecule has 0 bridgehead atoms. The molecule has 0 unspecified atom stereocenters. The third kappa shape index (κ3) is 2.66. The molecule has 2 heterocycles. The van der Waals surface area contributed by atoms with Crippen molar-refractivity contribution in [3.05, 3.63) is 41.5 Å². The first kappa shape index (κ1) is 17.6. The van der Waals surface area contributed by atoms with Gasteiger partial charge in [0.2, 0.25) is 0 Å². The third-order valence-corrected chi connectivity index (χ3v) is 6.52. The van der Waals surface area contributed by atoms with E-state index >= 15 is 0 Å². The molecule has 1 fully saturated rings. The number of para-hydroxylation sites is 1. The van der Waals surface area contributed by atoms with Gasteiger partial charge < -0.3 is 15.0 Å². The van der Waals surface area contributed by atoms with Gasteiger partial charge in [-0.2, -0.15) is 0 Å². The number of hydrogen-bond donors (Lipinski definition) is 1. The van der Waals surface area contributed by atoms with Crippen molar-refractivity contribution in [3.63, 3.8) is 0 Å². The summed E-state index contributed by atoms with van der Waals surface area (Å²) >= 11 is 0. The highest BCUT2D eigenvalue weighted by molar-refractivity contribution is 5.92. The zero-order chi connectivity index (χ0) is 18.1. The van der Waals surface area contributed by atoms with Crippen LogP contribution in [0.2, 0.25) is 0 Å². The Bertz CT molecular complexity index is 714. The van der Waals surface area contributed by atoms with Crippen LogP contribution in [0.3, 0.4) is 0 Å². The molecule has 1 N–H and O–H groups in total. The van der Waals surface area contributed by atoms with Gasteiger partial charge in [-0.25, -0.2) is 4.79 Å². The van der Waals surface area contributed by atoms with Crippen molar-refractivity contribution < 1.29 is 9.53 Å². The van der Waals surface area contributed by atoms with Crippen molar-refractivity contribution in [1.82, 2.24) is 4.90 Å². The summed E-state index contributed by atoms with van der Waals surface area (Å²) in [5.74, 6) is 0.431. The number of fused-ring (bicyclic) bond motifs is 1. The maximum Gasteiger partial charge on any atom is 0.335 e. The first-order chi connectivity index (χ1) is 12.7. The number of rotatable bonds is 5. The van der Waals surface area contributed by atoms with Crippen LogP contribution >= 0.6 is 0 Å². The molecule has 1 spiro atoms. The van der Waals surface area contributed by atoms with Crippen LogP contribution in [0.15, 0.2) is 35.9 Å². The quantitative estimate of drug-likeness (QED) is 0.818. The number of esters is 1. The lowest BCUT2D eigenvalue weighted by molar-refractivity contribution is -0.139. The number of carbonyl (C=O) groups is 1. The molecule has 3 atom stereocenters. The average molecular weight is 354 g/mol. The van der Waals surface area contributed by atoms with E-state index < -0.39 is 0 Å². The number of piperidine rings is 1. The summed E-state index contributed by atoms with van der Waals surface area (Å²) in [5, 5.41) is 3.70. The number of carbonyl (C=O) groups excluding carboxylic acids is 1. The number of benzene rings is 1. The predicted molar refractivity (Wildman–Crippen MR) is 104 cm³/mol. The molecule has 0 amide bonds. The number of unbranched alkanes of at least 4 members (excludes halogenated alkanes) is 1. The molecule has 1 aliphatic carbocycles. The number of hydrogen-bond acceptors (Lipinski definition) is 4. The van der Waals surface area contributed by atoms with E-state index in [1.165, 1.54) is 37.1 Å². The van der Waals surface area contributed by atoms with Crippen LogP contribution in [0.5, 0.6) is 0 Å². The maximum absolute atomic E-state index is 12.7. The van der Waals surface area contributed by atoms with Crippen molar-refractivity contribution in [2.45, 2.75) is 51.0 Å². The summed E-state index contributed by atoms with van der Waals surface area (Å²) in [7, 11) is 0. The molecule has 0 aromatic heterocycles. The van der Waals surface area contributed by atoms with Crippen molar-refractivity contribution in [2.75, 3.05) is 31.6 Å². The van der Waals surface area contributed by atoms with Crippen LogP contribution < -0.4 is 5.32 Å². The van der Waals surface area contributed by atoms with Gasteiger partial charge in [0.15, 0.2) is 0 Å². The summed E-state index contributed by atoms with van der Waals surface area (Å²) in [6, 6.07) is 8.68. The molecule has 4 rings (SSSR count). The van der Waals surface area contributed by atoms with Crippen molar-refractivity contribution in [3.8, 4) is 0 Å². The van der Waals surface area contributed by atoms with Crippen LogP contribution in [-0.2, 0) is 14.9 Å². The van der Waals surface area contributed by atoms with E-state index in [1.807, 2.05) is 6.92 Å². The molecule has 3 aliphatic rings. The lowest BCUT2D eigenvalue weighted by Crippen LogP contribution is -2.59. The highest BCUT2D eigenvalue weighted by atomic mass is 16.5. The zero-order valence-corrected chi connectivity index (χ0v) is 16.0. The Morgan fingerprint density at radius 1 is 1.35 bits per heavy atom. The molecule has 2 aliphatic heterocycles. The lowest BCUT2D eigenvalue weighted by atomic mass is 9.58. The first-order valence-electron chi connectivity index (χ1n) is 10.2. The Labute approximate surface area is 156 Å². The summed E-state index contributed by atoms with van der Waals surface area (Å²) in [5.41, 5.74) is 3.40. The van der Waals surface area contributed by atoms with E-state index in [2.05, 4.69) is 47.5 Å². The Hall–Kier alpha value is -1.81. The Kier molecular flexibility index (Phi) is 4.78. The van der Waals surface area contributed by atoms with E-state index in [9.17, 15) is 4.79 Å². The second-order valence-corrected chi connectivity index (χ2v) is 7.89. The van der Waals surface area contributed by atoms with E-state index in [1.54, 1.807) is 0 Å². The minimum atomic E-state index is -0.152. The molecule has 1 aromatic rings. The Morgan fingerprint density at radius 2 is 2.19 bits per heavy atom. The topological polar surface area (TPSA) is 41.6 Å². The number of anilines is 1. The van der Waals surface area contributed by atoms with Crippen LogP contribution in [0.1, 0.15) is 45.1 Å². The molecule has 4 heteroatoms. The molecule has 1 saturated heterocycles. The van der Waals surface area contributed by atoms with E-state index in [4.69, 9.17) is 4.74 Å². The minimum absolute atomic E-state index is 0.0145. The van der Waals surface area contributed by atoms with E-state index in [-0.39, 0.29) is 17.4 Å². The fourth-order valence-electron chi connectivity index (χ4n) is 5.32. The first-order valence-corrected chi connectivity index (χ1v) is 10.2. The summed E-state index contributed by atoms with van der Waals surface area (Å²) in [6.07, 6.45) is 6.78. The molecular weight excluding hydrogens is 324 g/mol. The Morgan fingerprint density at radius 3 is 3.00 bits per heavy atom. The van der Waals surface area contributed by atoms with Gasteiger partial charge in [0, 0.05) is 17.6 Å².